The SMILES string of the molecule is CC(C)C[C@@H]1C[C@@](C)(CCC#N)O[C@@]2(CCCC[C@H]2C)O1. The molecule has 1 aliphatic carbocycles. The van der Waals surface area contributed by atoms with Crippen molar-refractivity contribution in [1.82, 2.24) is 0 Å². The molecule has 0 unspecified atom stereocenters. The van der Waals surface area contributed by atoms with Gasteiger partial charge in [0.2, 0.25) is 0 Å². The molecule has 0 N–H and O–H groups in total. The van der Waals surface area contributed by atoms with Crippen LogP contribution in [0.2, 0.25) is 0 Å². The maximum absolute atomic E-state index is 8.94. The third-order valence-corrected chi connectivity index (χ3v) is 5.11. The molecule has 120 valence electrons. The Morgan fingerprint density at radius 3 is 2.71 bits per heavy atom. The van der Waals surface area contributed by atoms with E-state index in [4.69, 9.17) is 14.7 Å². The van der Waals surface area contributed by atoms with Gasteiger partial charge in [-0.25, -0.2) is 0 Å². The van der Waals surface area contributed by atoms with Crippen molar-refractivity contribution in [3.63, 3.8) is 0 Å². The molecule has 1 heterocycles. The molecule has 0 aromatic heterocycles. The summed E-state index contributed by atoms with van der Waals surface area (Å²) in [5.41, 5.74) is -0.209. The highest BCUT2D eigenvalue weighted by molar-refractivity contribution is 4.95. The number of nitrogens with zero attached hydrogens (tertiary/aromatic N) is 1. The minimum absolute atomic E-state index is 0.209. The van der Waals surface area contributed by atoms with Crippen LogP contribution >= 0.6 is 0 Å². The molecule has 1 saturated heterocycles. The highest BCUT2D eigenvalue weighted by Gasteiger charge is 2.51. The maximum Gasteiger partial charge on any atom is 0.171 e. The summed E-state index contributed by atoms with van der Waals surface area (Å²) in [6.07, 6.45) is 8.30. The molecular weight excluding hydrogens is 262 g/mol. The summed E-state index contributed by atoms with van der Waals surface area (Å²) < 4.78 is 13.1. The van der Waals surface area contributed by atoms with E-state index in [0.29, 0.717) is 18.3 Å². The van der Waals surface area contributed by atoms with Gasteiger partial charge in [0.15, 0.2) is 5.79 Å². The van der Waals surface area contributed by atoms with Gasteiger partial charge >= 0.3 is 0 Å². The summed E-state index contributed by atoms with van der Waals surface area (Å²) >= 11 is 0. The third-order valence-electron chi connectivity index (χ3n) is 5.11. The molecule has 2 rings (SSSR count). The van der Waals surface area contributed by atoms with Gasteiger partial charge < -0.3 is 9.47 Å². The molecule has 4 atom stereocenters. The van der Waals surface area contributed by atoms with Crippen molar-refractivity contribution in [2.24, 2.45) is 11.8 Å². The normalized spacial score (nSPS) is 40.4. The molecule has 0 bridgehead atoms. The van der Waals surface area contributed by atoms with Crippen molar-refractivity contribution >= 4 is 0 Å². The van der Waals surface area contributed by atoms with Gasteiger partial charge in [-0.05, 0) is 38.5 Å². The lowest BCUT2D eigenvalue weighted by atomic mass is 9.80. The van der Waals surface area contributed by atoms with E-state index in [1.54, 1.807) is 0 Å². The number of nitriles is 1. The summed E-state index contributed by atoms with van der Waals surface area (Å²) in [6, 6.07) is 2.28. The van der Waals surface area contributed by atoms with Crippen LogP contribution in [0.1, 0.15) is 79.1 Å². The largest absolute Gasteiger partial charge is 0.346 e. The fraction of sp³-hybridized carbons (Fsp3) is 0.944. The van der Waals surface area contributed by atoms with Gasteiger partial charge in [-0.1, -0.05) is 27.2 Å². The lowest BCUT2D eigenvalue weighted by Gasteiger charge is -2.54. The summed E-state index contributed by atoms with van der Waals surface area (Å²) in [7, 11) is 0. The molecule has 0 radical (unpaired) electrons. The fourth-order valence-corrected chi connectivity index (χ4v) is 4.03. The van der Waals surface area contributed by atoms with Crippen LogP contribution in [0.5, 0.6) is 0 Å². The monoisotopic (exact) mass is 293 g/mol. The molecule has 1 spiro atoms. The van der Waals surface area contributed by atoms with Crippen molar-refractivity contribution in [3.8, 4) is 6.07 Å². The van der Waals surface area contributed by atoms with E-state index in [1.165, 1.54) is 19.3 Å². The Labute approximate surface area is 130 Å². The predicted molar refractivity (Wildman–Crippen MR) is 83.6 cm³/mol. The number of hydrogen-bond donors (Lipinski definition) is 0. The van der Waals surface area contributed by atoms with Gasteiger partial charge in [-0.3, -0.25) is 0 Å². The van der Waals surface area contributed by atoms with E-state index < -0.39 is 5.79 Å². The standard InChI is InChI=1S/C18H31NO2/c1-14(2)12-16-13-17(4,9-7-11-19)21-18(20-16)10-6-5-8-15(18)3/h14-16H,5-10,12-13H2,1-4H3/t15-,16-,17-,18-/m1/s1. The molecule has 2 fully saturated rings. The van der Waals surface area contributed by atoms with Crippen LogP contribution in [0.4, 0.5) is 0 Å². The van der Waals surface area contributed by atoms with Crippen LogP contribution in [-0.2, 0) is 9.47 Å². The van der Waals surface area contributed by atoms with Crippen LogP contribution in [-0.4, -0.2) is 17.5 Å². The molecule has 3 heteroatoms. The first kappa shape index (κ1) is 16.8. The molecular formula is C18H31NO2. The zero-order chi connectivity index (χ0) is 15.5. The first-order chi connectivity index (χ1) is 9.89. The van der Waals surface area contributed by atoms with E-state index in [2.05, 4.69) is 33.8 Å². The van der Waals surface area contributed by atoms with Crippen molar-refractivity contribution in [2.75, 3.05) is 0 Å². The summed E-state index contributed by atoms with van der Waals surface area (Å²) in [5.74, 6) is 0.673. The van der Waals surface area contributed by atoms with Crippen LogP contribution < -0.4 is 0 Å². The van der Waals surface area contributed by atoms with Crippen molar-refractivity contribution < 1.29 is 9.47 Å². The van der Waals surface area contributed by atoms with Crippen molar-refractivity contribution in [1.29, 1.82) is 5.26 Å². The van der Waals surface area contributed by atoms with Crippen LogP contribution in [0.25, 0.3) is 0 Å². The van der Waals surface area contributed by atoms with Gasteiger partial charge in [0.25, 0.3) is 0 Å². The second kappa shape index (κ2) is 6.67. The van der Waals surface area contributed by atoms with Crippen molar-refractivity contribution in [3.05, 3.63) is 0 Å². The van der Waals surface area contributed by atoms with Gasteiger partial charge in [0.05, 0.1) is 17.8 Å². The summed E-state index contributed by atoms with van der Waals surface area (Å²) in [4.78, 5) is 0. The quantitative estimate of drug-likeness (QED) is 0.747. The second-order valence-corrected chi connectivity index (χ2v) is 7.74. The lowest BCUT2D eigenvalue weighted by molar-refractivity contribution is -0.375. The topological polar surface area (TPSA) is 42.2 Å². The zero-order valence-corrected chi connectivity index (χ0v) is 14.2. The minimum atomic E-state index is -0.403. The number of rotatable bonds is 4. The average Bonchev–Trinajstić information content (AvgIpc) is 2.39. The first-order valence-corrected chi connectivity index (χ1v) is 8.64. The van der Waals surface area contributed by atoms with Gasteiger partial charge in [0.1, 0.15) is 0 Å². The number of ether oxygens (including phenoxy) is 2. The Hall–Kier alpha value is -0.590. The van der Waals surface area contributed by atoms with E-state index in [-0.39, 0.29) is 11.7 Å². The molecule has 2 aliphatic rings. The first-order valence-electron chi connectivity index (χ1n) is 8.64. The molecule has 0 amide bonds. The predicted octanol–water partition coefficient (Wildman–Crippen LogP) is 4.81. The smallest absolute Gasteiger partial charge is 0.171 e. The molecule has 1 saturated carbocycles. The Morgan fingerprint density at radius 2 is 2.10 bits per heavy atom. The highest BCUT2D eigenvalue weighted by atomic mass is 16.7. The highest BCUT2D eigenvalue weighted by Crippen LogP contribution is 2.48. The Morgan fingerprint density at radius 1 is 1.33 bits per heavy atom. The number of hydrogen-bond acceptors (Lipinski definition) is 3. The molecule has 0 aromatic carbocycles. The van der Waals surface area contributed by atoms with Crippen molar-refractivity contribution in [2.45, 2.75) is 96.6 Å². The Bertz CT molecular complexity index is 389. The maximum atomic E-state index is 8.94. The molecule has 1 aliphatic heterocycles. The van der Waals surface area contributed by atoms with Gasteiger partial charge in [0, 0.05) is 25.2 Å². The Balaban J connectivity index is 2.18. The van der Waals surface area contributed by atoms with Crippen LogP contribution in [0, 0.1) is 23.2 Å². The van der Waals surface area contributed by atoms with Crippen LogP contribution in [0.3, 0.4) is 0 Å². The molecule has 3 nitrogen and oxygen atoms in total. The van der Waals surface area contributed by atoms with Gasteiger partial charge in [-0.2, -0.15) is 5.26 Å². The summed E-state index contributed by atoms with van der Waals surface area (Å²) in [6.45, 7) is 8.95. The Kier molecular flexibility index (Phi) is 5.33. The zero-order valence-electron chi connectivity index (χ0n) is 14.2. The summed E-state index contributed by atoms with van der Waals surface area (Å²) in [5, 5.41) is 8.94. The molecule has 0 aromatic rings. The van der Waals surface area contributed by atoms with Crippen LogP contribution in [0.15, 0.2) is 0 Å². The van der Waals surface area contributed by atoms with E-state index >= 15 is 0 Å². The van der Waals surface area contributed by atoms with Gasteiger partial charge in [-0.15, -0.1) is 0 Å². The minimum Gasteiger partial charge on any atom is -0.346 e. The van der Waals surface area contributed by atoms with E-state index in [9.17, 15) is 0 Å². The third kappa shape index (κ3) is 3.99. The fourth-order valence-electron chi connectivity index (χ4n) is 4.03. The van der Waals surface area contributed by atoms with E-state index in [1.807, 2.05) is 0 Å². The average molecular weight is 293 g/mol. The second-order valence-electron chi connectivity index (χ2n) is 7.74. The lowest BCUT2D eigenvalue weighted by Crippen LogP contribution is -2.58. The van der Waals surface area contributed by atoms with E-state index in [0.717, 1.165) is 25.7 Å². The molecule has 21 heavy (non-hydrogen) atoms.